The van der Waals surface area contributed by atoms with Crippen LogP contribution in [0.5, 0.6) is 0 Å². The molecule has 5 rings (SSSR count). The quantitative estimate of drug-likeness (QED) is 0.680. The first-order valence-electron chi connectivity index (χ1n) is 11.4. The van der Waals surface area contributed by atoms with Crippen LogP contribution >= 0.6 is 0 Å². The lowest BCUT2D eigenvalue weighted by Gasteiger charge is -2.42. The number of anilines is 1. The standard InChI is InChI=1S/C24H29FN6O/c1-26-24(32)21-9-10-23(28-27-21)30-15-13-29(14-16-30)17-5-7-18(8-6-17)31-12-11-19-20(25)3-2-4-22(19)31/h2-4,9-12,17-18H,5-8,13-16H2,1H3,(H,26,32). The van der Waals surface area contributed by atoms with E-state index < -0.39 is 0 Å². The molecule has 1 N–H and O–H groups in total. The highest BCUT2D eigenvalue weighted by Crippen LogP contribution is 2.34. The molecule has 0 spiro atoms. The van der Waals surface area contributed by atoms with Crippen molar-refractivity contribution < 1.29 is 9.18 Å². The van der Waals surface area contributed by atoms with Crippen molar-refractivity contribution in [2.24, 2.45) is 0 Å². The van der Waals surface area contributed by atoms with Crippen LogP contribution in [0.3, 0.4) is 0 Å². The van der Waals surface area contributed by atoms with Crippen molar-refractivity contribution in [2.75, 3.05) is 38.1 Å². The molecule has 1 saturated carbocycles. The first kappa shape index (κ1) is 20.9. The summed E-state index contributed by atoms with van der Waals surface area (Å²) >= 11 is 0. The topological polar surface area (TPSA) is 66.3 Å². The van der Waals surface area contributed by atoms with Crippen LogP contribution in [0.25, 0.3) is 10.9 Å². The largest absolute Gasteiger partial charge is 0.354 e. The number of hydrogen-bond donors (Lipinski definition) is 1. The molecule has 3 heterocycles. The number of benzene rings is 1. The number of nitrogens with one attached hydrogen (secondary N) is 1. The van der Waals surface area contributed by atoms with Gasteiger partial charge in [0.15, 0.2) is 11.5 Å². The molecule has 3 aromatic rings. The first-order valence-corrected chi connectivity index (χ1v) is 11.4. The van der Waals surface area contributed by atoms with Crippen molar-refractivity contribution >= 4 is 22.6 Å². The lowest BCUT2D eigenvalue weighted by atomic mass is 9.89. The summed E-state index contributed by atoms with van der Waals surface area (Å²) in [6.07, 6.45) is 6.63. The fourth-order valence-corrected chi connectivity index (χ4v) is 5.23. The second-order valence-corrected chi connectivity index (χ2v) is 8.74. The molecular weight excluding hydrogens is 407 g/mol. The summed E-state index contributed by atoms with van der Waals surface area (Å²) in [5, 5.41) is 11.6. The van der Waals surface area contributed by atoms with Crippen LogP contribution in [0, 0.1) is 5.82 Å². The Labute approximate surface area is 187 Å². The summed E-state index contributed by atoms with van der Waals surface area (Å²) in [6, 6.07) is 11.9. The number of aromatic nitrogens is 3. The Bertz CT molecular complexity index is 1080. The molecule has 0 unspecified atom stereocenters. The number of hydrogen-bond acceptors (Lipinski definition) is 5. The highest BCUT2D eigenvalue weighted by molar-refractivity contribution is 5.91. The van der Waals surface area contributed by atoms with E-state index in [1.165, 1.54) is 18.9 Å². The maximum Gasteiger partial charge on any atom is 0.271 e. The van der Waals surface area contributed by atoms with Gasteiger partial charge in [0.1, 0.15) is 5.82 Å². The van der Waals surface area contributed by atoms with Gasteiger partial charge in [-0.25, -0.2) is 4.39 Å². The molecule has 1 aromatic carbocycles. The molecule has 1 aliphatic carbocycles. The number of fused-ring (bicyclic) bond motifs is 1. The molecule has 7 nitrogen and oxygen atoms in total. The number of carbonyl (C=O) groups is 1. The van der Waals surface area contributed by atoms with E-state index in [0.717, 1.165) is 55.7 Å². The van der Waals surface area contributed by atoms with Crippen LogP contribution in [-0.2, 0) is 0 Å². The molecule has 0 atom stereocenters. The van der Waals surface area contributed by atoms with Crippen LogP contribution in [0.15, 0.2) is 42.6 Å². The molecule has 0 bridgehead atoms. The predicted octanol–water partition coefficient (Wildman–Crippen LogP) is 3.24. The van der Waals surface area contributed by atoms with Crippen LogP contribution in [-0.4, -0.2) is 64.8 Å². The Morgan fingerprint density at radius 3 is 2.41 bits per heavy atom. The van der Waals surface area contributed by atoms with Gasteiger partial charge in [-0.1, -0.05) is 6.07 Å². The molecule has 1 aliphatic heterocycles. The van der Waals surface area contributed by atoms with Gasteiger partial charge in [0, 0.05) is 56.9 Å². The minimum atomic E-state index is -0.220. The fourth-order valence-electron chi connectivity index (χ4n) is 5.23. The third kappa shape index (κ3) is 3.95. The molecule has 168 valence electrons. The SMILES string of the molecule is CNC(=O)c1ccc(N2CCN(C3CCC(n4ccc5c(F)cccc54)CC3)CC2)nn1. The minimum absolute atomic E-state index is 0.138. The molecule has 32 heavy (non-hydrogen) atoms. The molecule has 2 fully saturated rings. The first-order chi connectivity index (χ1) is 15.6. The Hall–Kier alpha value is -3.00. The second-order valence-electron chi connectivity index (χ2n) is 8.74. The Kier molecular flexibility index (Phi) is 5.78. The van der Waals surface area contributed by atoms with E-state index in [4.69, 9.17) is 0 Å². The van der Waals surface area contributed by atoms with Gasteiger partial charge >= 0.3 is 0 Å². The van der Waals surface area contributed by atoms with Crippen molar-refractivity contribution in [1.29, 1.82) is 0 Å². The van der Waals surface area contributed by atoms with E-state index in [0.29, 0.717) is 17.8 Å². The second kappa shape index (κ2) is 8.86. The van der Waals surface area contributed by atoms with Crippen LogP contribution in [0.1, 0.15) is 42.2 Å². The summed E-state index contributed by atoms with van der Waals surface area (Å²) in [5.41, 5.74) is 1.34. The number of nitrogens with zero attached hydrogens (tertiary/aromatic N) is 5. The monoisotopic (exact) mass is 436 g/mol. The number of halogens is 1. The van der Waals surface area contributed by atoms with E-state index in [9.17, 15) is 9.18 Å². The molecule has 1 amide bonds. The van der Waals surface area contributed by atoms with Gasteiger partial charge < -0.3 is 14.8 Å². The fraction of sp³-hybridized carbons (Fsp3) is 0.458. The number of amides is 1. The molecule has 0 radical (unpaired) electrons. The van der Waals surface area contributed by atoms with Crippen molar-refractivity contribution in [3.8, 4) is 0 Å². The third-order valence-corrected chi connectivity index (χ3v) is 7.03. The number of rotatable bonds is 4. The average Bonchev–Trinajstić information content (AvgIpc) is 3.29. The van der Waals surface area contributed by atoms with Crippen molar-refractivity contribution in [2.45, 2.75) is 37.8 Å². The molecule has 2 aromatic heterocycles. The normalized spacial score (nSPS) is 22.2. The lowest BCUT2D eigenvalue weighted by molar-refractivity contribution is 0.0957. The zero-order chi connectivity index (χ0) is 22.1. The Morgan fingerprint density at radius 1 is 0.969 bits per heavy atom. The number of piperazine rings is 1. The Morgan fingerprint density at radius 2 is 1.72 bits per heavy atom. The van der Waals surface area contributed by atoms with Crippen molar-refractivity contribution in [3.05, 3.63) is 54.1 Å². The smallest absolute Gasteiger partial charge is 0.271 e. The van der Waals surface area contributed by atoms with Crippen molar-refractivity contribution in [3.63, 3.8) is 0 Å². The van der Waals surface area contributed by atoms with Gasteiger partial charge in [-0.15, -0.1) is 10.2 Å². The highest BCUT2D eigenvalue weighted by Gasteiger charge is 2.29. The van der Waals surface area contributed by atoms with E-state index in [1.54, 1.807) is 19.2 Å². The average molecular weight is 437 g/mol. The van der Waals surface area contributed by atoms with Crippen LogP contribution in [0.4, 0.5) is 10.2 Å². The van der Waals surface area contributed by atoms with E-state index in [-0.39, 0.29) is 11.7 Å². The lowest BCUT2D eigenvalue weighted by Crippen LogP contribution is -2.51. The molecule has 8 heteroatoms. The summed E-state index contributed by atoms with van der Waals surface area (Å²) in [7, 11) is 1.59. The summed E-state index contributed by atoms with van der Waals surface area (Å²) < 4.78 is 16.3. The zero-order valence-electron chi connectivity index (χ0n) is 18.4. The number of carbonyl (C=O) groups excluding carboxylic acids is 1. The summed E-state index contributed by atoms with van der Waals surface area (Å²) in [6.45, 7) is 3.84. The van der Waals surface area contributed by atoms with E-state index >= 15 is 0 Å². The van der Waals surface area contributed by atoms with Gasteiger partial charge in [-0.05, 0) is 56.0 Å². The zero-order valence-corrected chi connectivity index (χ0v) is 18.4. The summed E-state index contributed by atoms with van der Waals surface area (Å²) in [5.74, 6) is 0.469. The maximum atomic E-state index is 14.0. The molecular formula is C24H29FN6O. The third-order valence-electron chi connectivity index (χ3n) is 7.03. The maximum absolute atomic E-state index is 14.0. The van der Waals surface area contributed by atoms with Gasteiger partial charge in [0.2, 0.25) is 0 Å². The Balaban J connectivity index is 1.15. The highest BCUT2D eigenvalue weighted by atomic mass is 19.1. The van der Waals surface area contributed by atoms with Gasteiger partial charge in [-0.2, -0.15) is 0 Å². The van der Waals surface area contributed by atoms with Crippen LogP contribution < -0.4 is 10.2 Å². The summed E-state index contributed by atoms with van der Waals surface area (Å²) in [4.78, 5) is 16.5. The molecule has 2 aliphatic rings. The van der Waals surface area contributed by atoms with Gasteiger partial charge in [0.25, 0.3) is 5.91 Å². The van der Waals surface area contributed by atoms with E-state index in [1.807, 2.05) is 24.4 Å². The van der Waals surface area contributed by atoms with E-state index in [2.05, 4.69) is 29.9 Å². The van der Waals surface area contributed by atoms with Crippen LogP contribution in [0.2, 0.25) is 0 Å². The minimum Gasteiger partial charge on any atom is -0.354 e. The predicted molar refractivity (Wildman–Crippen MR) is 122 cm³/mol. The van der Waals surface area contributed by atoms with Gasteiger partial charge in [-0.3, -0.25) is 9.69 Å². The molecule has 1 saturated heterocycles. The van der Waals surface area contributed by atoms with Crippen molar-refractivity contribution in [1.82, 2.24) is 25.0 Å². The van der Waals surface area contributed by atoms with Gasteiger partial charge in [0.05, 0.1) is 5.52 Å².